The fourth-order valence-corrected chi connectivity index (χ4v) is 2.34. The number of ether oxygens (including phenoxy) is 1. The van der Waals surface area contributed by atoms with E-state index >= 15 is 0 Å². The van der Waals surface area contributed by atoms with Crippen LogP contribution in [0, 0.1) is 19.8 Å². The first-order valence-electron chi connectivity index (χ1n) is 8.28. The van der Waals surface area contributed by atoms with Crippen LogP contribution in [0.3, 0.4) is 0 Å². The lowest BCUT2D eigenvalue weighted by molar-refractivity contribution is -0.114. The number of benzene rings is 2. The number of para-hydroxylation sites is 1. The Morgan fingerprint density at radius 2 is 1.75 bits per heavy atom. The second-order valence-electron chi connectivity index (χ2n) is 6.40. The second-order valence-corrected chi connectivity index (χ2v) is 6.40. The molecule has 4 heteroatoms. The maximum absolute atomic E-state index is 12.2. The number of hydrogen-bond acceptors (Lipinski definition) is 3. The topological polar surface area (TPSA) is 50.4 Å². The molecule has 0 atom stereocenters. The summed E-state index contributed by atoms with van der Waals surface area (Å²) < 4.78 is 5.70. The quantitative estimate of drug-likeness (QED) is 0.793. The van der Waals surface area contributed by atoms with Crippen LogP contribution in [0.4, 0.5) is 11.4 Å². The first-order chi connectivity index (χ1) is 11.5. The third-order valence-corrected chi connectivity index (χ3v) is 3.62. The van der Waals surface area contributed by atoms with Gasteiger partial charge >= 0.3 is 0 Å². The molecule has 0 heterocycles. The number of nitrogens with one attached hydrogen (secondary N) is 2. The Balaban J connectivity index is 1.91. The lowest BCUT2D eigenvalue weighted by Crippen LogP contribution is -2.22. The number of amides is 1. The third kappa shape index (κ3) is 5.30. The summed E-state index contributed by atoms with van der Waals surface area (Å²) in [6, 6.07) is 13.6. The van der Waals surface area contributed by atoms with Crippen molar-refractivity contribution in [2.45, 2.75) is 27.7 Å². The van der Waals surface area contributed by atoms with Crippen LogP contribution < -0.4 is 15.4 Å². The molecule has 24 heavy (non-hydrogen) atoms. The van der Waals surface area contributed by atoms with E-state index in [1.54, 1.807) is 0 Å². The highest BCUT2D eigenvalue weighted by molar-refractivity contribution is 5.95. The molecule has 128 valence electrons. The molecule has 1 amide bonds. The molecule has 0 aliphatic rings. The van der Waals surface area contributed by atoms with Gasteiger partial charge in [0.2, 0.25) is 5.91 Å². The van der Waals surface area contributed by atoms with Crippen molar-refractivity contribution in [2.75, 3.05) is 23.8 Å². The number of anilines is 2. The first kappa shape index (κ1) is 17.9. The van der Waals surface area contributed by atoms with Crippen LogP contribution >= 0.6 is 0 Å². The first-order valence-corrected chi connectivity index (χ1v) is 8.28. The summed E-state index contributed by atoms with van der Waals surface area (Å²) >= 11 is 0. The van der Waals surface area contributed by atoms with Crippen molar-refractivity contribution in [2.24, 2.45) is 5.92 Å². The zero-order valence-electron chi connectivity index (χ0n) is 14.8. The number of carbonyl (C=O) groups is 1. The Morgan fingerprint density at radius 3 is 2.42 bits per heavy atom. The number of rotatable bonds is 7. The van der Waals surface area contributed by atoms with Crippen LogP contribution in [0.5, 0.6) is 5.75 Å². The molecule has 0 unspecified atom stereocenters. The lowest BCUT2D eigenvalue weighted by atomic mass is 10.1. The van der Waals surface area contributed by atoms with Crippen LogP contribution in [-0.4, -0.2) is 19.1 Å². The van der Waals surface area contributed by atoms with E-state index < -0.39 is 0 Å². The highest BCUT2D eigenvalue weighted by atomic mass is 16.5. The molecule has 0 saturated heterocycles. The fraction of sp³-hybridized carbons (Fsp3) is 0.350. The van der Waals surface area contributed by atoms with Gasteiger partial charge in [0, 0.05) is 17.4 Å². The van der Waals surface area contributed by atoms with Crippen molar-refractivity contribution in [1.82, 2.24) is 0 Å². The fourth-order valence-electron chi connectivity index (χ4n) is 2.34. The Labute approximate surface area is 144 Å². The molecule has 0 bridgehead atoms. The minimum absolute atomic E-state index is 0.0686. The molecule has 2 aromatic rings. The average molecular weight is 326 g/mol. The third-order valence-electron chi connectivity index (χ3n) is 3.62. The highest BCUT2D eigenvalue weighted by Crippen LogP contribution is 2.20. The molecule has 0 aliphatic heterocycles. The van der Waals surface area contributed by atoms with Gasteiger partial charge in [-0.2, -0.15) is 0 Å². The number of hydrogen-bond donors (Lipinski definition) is 2. The van der Waals surface area contributed by atoms with Gasteiger partial charge in [0.05, 0.1) is 13.2 Å². The minimum Gasteiger partial charge on any atom is -0.493 e. The predicted molar refractivity (Wildman–Crippen MR) is 99.8 cm³/mol. The summed E-state index contributed by atoms with van der Waals surface area (Å²) in [5.41, 5.74) is 3.88. The van der Waals surface area contributed by atoms with E-state index in [0.717, 1.165) is 28.3 Å². The van der Waals surface area contributed by atoms with E-state index in [0.29, 0.717) is 12.5 Å². The normalized spacial score (nSPS) is 10.5. The summed E-state index contributed by atoms with van der Waals surface area (Å²) in [6.45, 7) is 9.09. The molecule has 0 saturated carbocycles. The van der Waals surface area contributed by atoms with Gasteiger partial charge in [-0.25, -0.2) is 0 Å². The van der Waals surface area contributed by atoms with E-state index in [1.165, 1.54) is 0 Å². The molecule has 0 fully saturated rings. The summed E-state index contributed by atoms with van der Waals surface area (Å²) in [5.74, 6) is 1.22. The molecule has 0 radical (unpaired) electrons. The molecular weight excluding hydrogens is 300 g/mol. The Bertz CT molecular complexity index is 676. The van der Waals surface area contributed by atoms with Gasteiger partial charge < -0.3 is 15.4 Å². The SMILES string of the molecule is Cc1cccc(C)c1NC(=O)CNc1cccc(OCC(C)C)c1. The van der Waals surface area contributed by atoms with Crippen LogP contribution in [0.2, 0.25) is 0 Å². The summed E-state index contributed by atoms with van der Waals surface area (Å²) in [4.78, 5) is 12.2. The Morgan fingerprint density at radius 1 is 1.08 bits per heavy atom. The van der Waals surface area contributed by atoms with Crippen LogP contribution in [0.1, 0.15) is 25.0 Å². The van der Waals surface area contributed by atoms with E-state index in [-0.39, 0.29) is 12.5 Å². The molecule has 2 N–H and O–H groups in total. The maximum atomic E-state index is 12.2. The molecule has 4 nitrogen and oxygen atoms in total. The second kappa shape index (κ2) is 8.39. The standard InChI is InChI=1S/C20H26N2O2/c1-14(2)13-24-18-10-6-9-17(11-18)21-12-19(23)22-20-15(3)7-5-8-16(20)4/h5-11,14,21H,12-13H2,1-4H3,(H,22,23). The average Bonchev–Trinajstić information content (AvgIpc) is 2.55. The monoisotopic (exact) mass is 326 g/mol. The Kier molecular flexibility index (Phi) is 6.24. The number of aryl methyl sites for hydroxylation is 2. The summed E-state index contributed by atoms with van der Waals surface area (Å²) in [5, 5.41) is 6.11. The van der Waals surface area contributed by atoms with Gasteiger partial charge in [0.1, 0.15) is 5.75 Å². The van der Waals surface area contributed by atoms with Crippen molar-refractivity contribution in [1.29, 1.82) is 0 Å². The number of carbonyl (C=O) groups excluding carboxylic acids is 1. The van der Waals surface area contributed by atoms with Gasteiger partial charge in [-0.15, -0.1) is 0 Å². The van der Waals surface area contributed by atoms with Crippen molar-refractivity contribution in [3.05, 3.63) is 53.6 Å². The lowest BCUT2D eigenvalue weighted by Gasteiger charge is -2.13. The molecular formula is C20H26N2O2. The largest absolute Gasteiger partial charge is 0.493 e. The predicted octanol–water partition coefficient (Wildman–Crippen LogP) is 4.39. The van der Waals surface area contributed by atoms with Gasteiger partial charge in [-0.1, -0.05) is 38.1 Å². The van der Waals surface area contributed by atoms with Crippen molar-refractivity contribution >= 4 is 17.3 Å². The Hall–Kier alpha value is -2.49. The van der Waals surface area contributed by atoms with Gasteiger partial charge in [0.15, 0.2) is 0 Å². The van der Waals surface area contributed by atoms with Crippen LogP contribution in [0.25, 0.3) is 0 Å². The molecule has 0 aliphatic carbocycles. The molecule has 0 aromatic heterocycles. The van der Waals surface area contributed by atoms with Gasteiger partial charge in [-0.05, 0) is 43.0 Å². The zero-order valence-corrected chi connectivity index (χ0v) is 14.8. The summed E-state index contributed by atoms with van der Waals surface area (Å²) in [7, 11) is 0. The molecule has 2 aromatic carbocycles. The highest BCUT2D eigenvalue weighted by Gasteiger charge is 2.07. The van der Waals surface area contributed by atoms with E-state index in [1.807, 2.05) is 56.3 Å². The minimum atomic E-state index is -0.0686. The maximum Gasteiger partial charge on any atom is 0.243 e. The smallest absolute Gasteiger partial charge is 0.243 e. The van der Waals surface area contributed by atoms with E-state index in [9.17, 15) is 4.79 Å². The van der Waals surface area contributed by atoms with Crippen molar-refractivity contribution in [3.63, 3.8) is 0 Å². The van der Waals surface area contributed by atoms with Crippen molar-refractivity contribution in [3.8, 4) is 5.75 Å². The van der Waals surface area contributed by atoms with Crippen LogP contribution in [0.15, 0.2) is 42.5 Å². The van der Waals surface area contributed by atoms with Gasteiger partial charge in [0.25, 0.3) is 0 Å². The molecule has 0 spiro atoms. The molecule has 2 rings (SSSR count). The van der Waals surface area contributed by atoms with E-state index in [2.05, 4.69) is 24.5 Å². The van der Waals surface area contributed by atoms with Gasteiger partial charge in [-0.3, -0.25) is 4.79 Å². The van der Waals surface area contributed by atoms with Crippen LogP contribution in [-0.2, 0) is 4.79 Å². The zero-order chi connectivity index (χ0) is 17.5. The van der Waals surface area contributed by atoms with E-state index in [4.69, 9.17) is 4.74 Å². The summed E-state index contributed by atoms with van der Waals surface area (Å²) in [6.07, 6.45) is 0. The van der Waals surface area contributed by atoms with Crippen molar-refractivity contribution < 1.29 is 9.53 Å².